The van der Waals surface area contributed by atoms with Crippen molar-refractivity contribution in [2.45, 2.75) is 11.7 Å². The van der Waals surface area contributed by atoms with Gasteiger partial charge in [0.2, 0.25) is 0 Å². The molecule has 0 saturated carbocycles. The van der Waals surface area contributed by atoms with E-state index in [0.717, 1.165) is 17.7 Å². The molecule has 1 aliphatic rings. The van der Waals surface area contributed by atoms with Crippen molar-refractivity contribution in [3.8, 4) is 0 Å². The fourth-order valence-electron chi connectivity index (χ4n) is 1.70. The number of thiophene rings is 1. The van der Waals surface area contributed by atoms with Gasteiger partial charge in [0.1, 0.15) is 5.01 Å². The van der Waals surface area contributed by atoms with Crippen molar-refractivity contribution in [2.75, 3.05) is 0 Å². The molecule has 0 N–H and O–H groups in total. The molecule has 0 spiro atoms. The van der Waals surface area contributed by atoms with Crippen LogP contribution in [0.15, 0.2) is 29.8 Å². The van der Waals surface area contributed by atoms with Crippen molar-refractivity contribution in [2.24, 2.45) is 0 Å². The van der Waals surface area contributed by atoms with E-state index in [4.69, 9.17) is 0 Å². The van der Waals surface area contributed by atoms with Gasteiger partial charge in [-0.1, -0.05) is 12.1 Å². The van der Waals surface area contributed by atoms with E-state index in [1.165, 1.54) is 21.1 Å². The zero-order valence-corrected chi connectivity index (χ0v) is 11.3. The molecule has 0 fully saturated rings. The van der Waals surface area contributed by atoms with Crippen LogP contribution in [0.2, 0.25) is 0 Å². The van der Waals surface area contributed by atoms with Crippen LogP contribution < -0.4 is 0 Å². The summed E-state index contributed by atoms with van der Waals surface area (Å²) in [6.45, 7) is 0. The number of hydrogen-bond acceptors (Lipinski definition) is 5. The van der Waals surface area contributed by atoms with E-state index in [1.54, 1.807) is 17.5 Å². The Bertz CT molecular complexity index is 556. The monoisotopic (exact) mass is 279 g/mol. The highest BCUT2D eigenvalue weighted by Gasteiger charge is 2.23. The maximum Gasteiger partial charge on any atom is 0.161 e. The van der Waals surface area contributed by atoms with Crippen LogP contribution in [0.5, 0.6) is 0 Å². The van der Waals surface area contributed by atoms with Gasteiger partial charge in [-0.3, -0.25) is 4.79 Å². The Kier molecular flexibility index (Phi) is 3.13. The Morgan fingerprint density at radius 2 is 2.41 bits per heavy atom. The van der Waals surface area contributed by atoms with Crippen molar-refractivity contribution >= 4 is 45.6 Å². The second-order valence-corrected chi connectivity index (χ2v) is 6.89. The van der Waals surface area contributed by atoms with E-state index in [-0.39, 0.29) is 0 Å². The first kappa shape index (κ1) is 11.2. The molecule has 5 heteroatoms. The topological polar surface area (TPSA) is 30.0 Å². The summed E-state index contributed by atoms with van der Waals surface area (Å²) in [6.07, 6.45) is 5.80. The lowest BCUT2D eigenvalue weighted by Gasteiger charge is -2.04. The molecule has 0 aromatic carbocycles. The van der Waals surface area contributed by atoms with Crippen LogP contribution in [0.3, 0.4) is 0 Å². The van der Waals surface area contributed by atoms with Gasteiger partial charge in [-0.25, -0.2) is 4.98 Å². The fourth-order valence-corrected chi connectivity index (χ4v) is 4.70. The normalized spacial score (nSPS) is 19.3. The van der Waals surface area contributed by atoms with E-state index in [9.17, 15) is 4.79 Å². The fraction of sp³-hybridized carbons (Fsp3) is 0.167. The number of carbonyl (C=O) groups excluding carboxylic acids is 1. The average Bonchev–Trinajstić information content (AvgIpc) is 3.09. The molecule has 3 heterocycles. The minimum Gasteiger partial charge on any atom is -0.297 e. The van der Waals surface area contributed by atoms with E-state index < -0.39 is 0 Å². The molecular formula is C12H9NOS3. The number of hydrogen-bond donors (Lipinski definition) is 0. The lowest BCUT2D eigenvalue weighted by molar-refractivity contribution is 0.112. The third kappa shape index (κ3) is 2.22. The minimum atomic E-state index is 0.380. The molecule has 1 aliphatic heterocycles. The average molecular weight is 279 g/mol. The first-order valence-corrected chi connectivity index (χ1v) is 7.76. The van der Waals surface area contributed by atoms with Gasteiger partial charge >= 0.3 is 0 Å². The summed E-state index contributed by atoms with van der Waals surface area (Å²) in [5.74, 6) is 0. The Balaban J connectivity index is 1.76. The Morgan fingerprint density at radius 1 is 1.47 bits per heavy atom. The van der Waals surface area contributed by atoms with Gasteiger partial charge in [0.05, 0.1) is 10.1 Å². The minimum absolute atomic E-state index is 0.380. The van der Waals surface area contributed by atoms with Gasteiger partial charge in [0.25, 0.3) is 0 Å². The van der Waals surface area contributed by atoms with Crippen LogP contribution in [-0.4, -0.2) is 11.3 Å². The number of thiazole rings is 1. The van der Waals surface area contributed by atoms with Gasteiger partial charge < -0.3 is 0 Å². The maximum atomic E-state index is 10.6. The molecule has 1 atom stereocenters. The summed E-state index contributed by atoms with van der Waals surface area (Å²) in [5.41, 5.74) is 0. The summed E-state index contributed by atoms with van der Waals surface area (Å²) in [7, 11) is 0. The second kappa shape index (κ2) is 4.76. The van der Waals surface area contributed by atoms with Crippen LogP contribution >= 0.6 is 34.4 Å². The third-order valence-corrected chi connectivity index (χ3v) is 6.04. The van der Waals surface area contributed by atoms with Crippen LogP contribution in [0, 0.1) is 0 Å². The highest BCUT2D eigenvalue weighted by Crippen LogP contribution is 2.49. The number of nitrogens with zero attached hydrogens (tertiary/aromatic N) is 1. The van der Waals surface area contributed by atoms with Crippen molar-refractivity contribution in [1.29, 1.82) is 0 Å². The molecule has 2 aromatic rings. The molecule has 86 valence electrons. The smallest absolute Gasteiger partial charge is 0.161 e. The summed E-state index contributed by atoms with van der Waals surface area (Å²) in [6, 6.07) is 4.22. The number of aromatic nitrogens is 1. The number of thioether (sulfide) groups is 1. The molecule has 0 bridgehead atoms. The predicted octanol–water partition coefficient (Wildman–Crippen LogP) is 4.24. The van der Waals surface area contributed by atoms with E-state index in [2.05, 4.69) is 28.6 Å². The first-order chi connectivity index (χ1) is 8.36. The summed E-state index contributed by atoms with van der Waals surface area (Å²) in [4.78, 5) is 18.3. The van der Waals surface area contributed by atoms with Crippen molar-refractivity contribution in [3.05, 3.63) is 44.5 Å². The molecule has 3 rings (SSSR count). The number of allylic oxidation sites excluding steroid dienone is 1. The molecule has 2 nitrogen and oxygen atoms in total. The largest absolute Gasteiger partial charge is 0.297 e. The maximum absolute atomic E-state index is 10.6. The predicted molar refractivity (Wildman–Crippen MR) is 74.7 cm³/mol. The van der Waals surface area contributed by atoms with Gasteiger partial charge in [-0.05, 0) is 17.9 Å². The lowest BCUT2D eigenvalue weighted by atomic mass is 10.3. The molecule has 2 aromatic heterocycles. The molecule has 0 aliphatic carbocycles. The second-order valence-electron chi connectivity index (χ2n) is 3.61. The Labute approximate surface area is 111 Å². The van der Waals surface area contributed by atoms with E-state index in [0.29, 0.717) is 10.1 Å². The zero-order valence-electron chi connectivity index (χ0n) is 8.83. The standard InChI is InChI=1S/C12H9NOS3/c14-7-8-6-13-12(16-8)11-4-3-10(17-11)9-2-1-5-15-9/h1-3,5-7,11H,4H2. The number of rotatable bonds is 3. The first-order valence-electron chi connectivity index (χ1n) is 5.18. The quantitative estimate of drug-likeness (QED) is 0.787. The van der Waals surface area contributed by atoms with Crippen LogP contribution in [0.1, 0.15) is 31.2 Å². The van der Waals surface area contributed by atoms with Crippen LogP contribution in [0.25, 0.3) is 4.91 Å². The van der Waals surface area contributed by atoms with Crippen LogP contribution in [-0.2, 0) is 0 Å². The van der Waals surface area contributed by atoms with Crippen molar-refractivity contribution in [3.63, 3.8) is 0 Å². The van der Waals surface area contributed by atoms with Gasteiger partial charge in [0.15, 0.2) is 6.29 Å². The number of carbonyl (C=O) groups is 1. The summed E-state index contributed by atoms with van der Waals surface area (Å²) < 4.78 is 0. The summed E-state index contributed by atoms with van der Waals surface area (Å²) >= 11 is 5.11. The Hall–Kier alpha value is -0.910. The molecule has 0 amide bonds. The van der Waals surface area contributed by atoms with Gasteiger partial charge in [-0.15, -0.1) is 34.4 Å². The third-order valence-electron chi connectivity index (χ3n) is 2.48. The van der Waals surface area contributed by atoms with Gasteiger partial charge in [0, 0.05) is 16.0 Å². The highest BCUT2D eigenvalue weighted by atomic mass is 32.2. The molecule has 17 heavy (non-hydrogen) atoms. The van der Waals surface area contributed by atoms with E-state index >= 15 is 0 Å². The van der Waals surface area contributed by atoms with Crippen molar-refractivity contribution < 1.29 is 4.79 Å². The van der Waals surface area contributed by atoms with Crippen molar-refractivity contribution in [1.82, 2.24) is 4.98 Å². The SMILES string of the molecule is O=Cc1cnc(C2CC=C(c3cccs3)S2)s1. The molecule has 1 unspecified atom stereocenters. The zero-order chi connectivity index (χ0) is 11.7. The lowest BCUT2D eigenvalue weighted by Crippen LogP contribution is -1.85. The molecular weight excluding hydrogens is 270 g/mol. The molecule has 0 saturated heterocycles. The van der Waals surface area contributed by atoms with Crippen LogP contribution in [0.4, 0.5) is 0 Å². The van der Waals surface area contributed by atoms with E-state index in [1.807, 2.05) is 11.8 Å². The summed E-state index contributed by atoms with van der Waals surface area (Å²) in [5, 5.41) is 3.53. The Morgan fingerprint density at radius 3 is 3.12 bits per heavy atom. The molecule has 0 radical (unpaired) electrons. The van der Waals surface area contributed by atoms with Gasteiger partial charge in [-0.2, -0.15) is 0 Å². The highest BCUT2D eigenvalue weighted by molar-refractivity contribution is 8.09. The number of aldehydes is 1.